The smallest absolute Gasteiger partial charge is 0.250 e. The first kappa shape index (κ1) is 14.9. The predicted molar refractivity (Wildman–Crippen MR) is 75.7 cm³/mol. The van der Waals surface area contributed by atoms with Crippen molar-refractivity contribution < 1.29 is 0 Å². The van der Waals surface area contributed by atoms with Crippen LogP contribution in [-0.2, 0) is 6.54 Å². The van der Waals surface area contributed by atoms with Crippen molar-refractivity contribution in [2.45, 2.75) is 39.3 Å². The number of nitrogens with two attached hydrogens (primary N) is 1. The molecule has 0 aromatic carbocycles. The highest BCUT2D eigenvalue weighted by Gasteiger charge is 2.26. The molecule has 1 atom stereocenters. The minimum atomic E-state index is 0.0210. The van der Waals surface area contributed by atoms with Gasteiger partial charge in [0.1, 0.15) is 0 Å². The summed E-state index contributed by atoms with van der Waals surface area (Å²) >= 11 is 0. The Bertz CT molecular complexity index is 410. The van der Waals surface area contributed by atoms with E-state index in [-0.39, 0.29) is 11.1 Å². The van der Waals surface area contributed by atoms with Crippen molar-refractivity contribution in [1.82, 2.24) is 9.47 Å². The van der Waals surface area contributed by atoms with Crippen molar-refractivity contribution in [3.05, 3.63) is 34.7 Å². The van der Waals surface area contributed by atoms with Gasteiger partial charge in [-0.15, -0.1) is 0 Å². The van der Waals surface area contributed by atoms with Crippen LogP contribution in [0.5, 0.6) is 0 Å². The quantitative estimate of drug-likeness (QED) is 0.794. The SMILES string of the molecule is CCN(CCn1ccccc1=O)C(C)(CC)CN. The third-order valence-corrected chi connectivity index (χ3v) is 3.86. The van der Waals surface area contributed by atoms with Crippen LogP contribution in [0.25, 0.3) is 0 Å². The maximum Gasteiger partial charge on any atom is 0.250 e. The molecule has 1 aromatic heterocycles. The molecule has 0 saturated carbocycles. The van der Waals surface area contributed by atoms with Crippen LogP contribution in [0.2, 0.25) is 0 Å². The van der Waals surface area contributed by atoms with Crippen molar-refractivity contribution in [1.29, 1.82) is 0 Å². The third kappa shape index (κ3) is 3.43. The van der Waals surface area contributed by atoms with Crippen molar-refractivity contribution in [2.75, 3.05) is 19.6 Å². The van der Waals surface area contributed by atoms with Crippen molar-refractivity contribution >= 4 is 0 Å². The zero-order valence-corrected chi connectivity index (χ0v) is 11.7. The van der Waals surface area contributed by atoms with Gasteiger partial charge in [-0.3, -0.25) is 9.69 Å². The van der Waals surface area contributed by atoms with Gasteiger partial charge in [0.2, 0.25) is 0 Å². The second-order valence-corrected chi connectivity index (χ2v) is 4.87. The molecule has 102 valence electrons. The van der Waals surface area contributed by atoms with Crippen LogP contribution in [0, 0.1) is 0 Å². The van der Waals surface area contributed by atoms with Gasteiger partial charge in [0.15, 0.2) is 0 Å². The van der Waals surface area contributed by atoms with Gasteiger partial charge in [-0.25, -0.2) is 0 Å². The number of nitrogens with zero attached hydrogens (tertiary/aromatic N) is 2. The summed E-state index contributed by atoms with van der Waals surface area (Å²) in [6, 6.07) is 5.25. The van der Waals surface area contributed by atoms with Crippen LogP contribution in [0.15, 0.2) is 29.2 Å². The Labute approximate surface area is 109 Å². The van der Waals surface area contributed by atoms with E-state index in [0.717, 1.165) is 19.5 Å². The van der Waals surface area contributed by atoms with Gasteiger partial charge in [-0.2, -0.15) is 0 Å². The Morgan fingerprint density at radius 1 is 1.39 bits per heavy atom. The maximum atomic E-state index is 11.6. The van der Waals surface area contributed by atoms with E-state index in [1.54, 1.807) is 16.7 Å². The lowest BCUT2D eigenvalue weighted by atomic mass is 9.96. The summed E-state index contributed by atoms with van der Waals surface area (Å²) in [5, 5.41) is 0. The first-order chi connectivity index (χ1) is 8.57. The molecule has 0 bridgehead atoms. The zero-order chi connectivity index (χ0) is 13.6. The highest BCUT2D eigenvalue weighted by molar-refractivity contribution is 4.93. The van der Waals surface area contributed by atoms with E-state index < -0.39 is 0 Å². The molecule has 18 heavy (non-hydrogen) atoms. The molecular weight excluding hydrogens is 226 g/mol. The topological polar surface area (TPSA) is 51.3 Å². The van der Waals surface area contributed by atoms with Crippen LogP contribution < -0.4 is 11.3 Å². The minimum absolute atomic E-state index is 0.0210. The number of hydrogen-bond acceptors (Lipinski definition) is 3. The molecule has 4 nitrogen and oxygen atoms in total. The fraction of sp³-hybridized carbons (Fsp3) is 0.643. The number of rotatable bonds is 7. The Hall–Kier alpha value is -1.13. The first-order valence-corrected chi connectivity index (χ1v) is 6.68. The molecule has 0 aliphatic carbocycles. The van der Waals surface area contributed by atoms with Gasteiger partial charge < -0.3 is 10.3 Å². The summed E-state index contributed by atoms with van der Waals surface area (Å²) in [4.78, 5) is 14.0. The monoisotopic (exact) mass is 251 g/mol. The molecule has 0 aliphatic rings. The third-order valence-electron chi connectivity index (χ3n) is 3.86. The van der Waals surface area contributed by atoms with Crippen LogP contribution in [0.1, 0.15) is 27.2 Å². The lowest BCUT2D eigenvalue weighted by Gasteiger charge is -2.39. The van der Waals surface area contributed by atoms with Crippen molar-refractivity contribution in [3.63, 3.8) is 0 Å². The Kier molecular flexibility index (Phi) is 5.56. The summed E-state index contributed by atoms with van der Waals surface area (Å²) in [5.41, 5.74) is 5.96. The van der Waals surface area contributed by atoms with Crippen LogP contribution in [-0.4, -0.2) is 34.6 Å². The number of hydrogen-bond donors (Lipinski definition) is 1. The summed E-state index contributed by atoms with van der Waals surface area (Å²) < 4.78 is 1.75. The number of aromatic nitrogens is 1. The van der Waals surface area contributed by atoms with Gasteiger partial charge in [0.25, 0.3) is 5.56 Å². The highest BCUT2D eigenvalue weighted by atomic mass is 16.1. The van der Waals surface area contributed by atoms with Gasteiger partial charge in [0, 0.05) is 37.4 Å². The van der Waals surface area contributed by atoms with E-state index in [4.69, 9.17) is 5.73 Å². The normalized spacial score (nSPS) is 14.7. The van der Waals surface area contributed by atoms with Crippen molar-refractivity contribution in [3.8, 4) is 0 Å². The molecule has 4 heteroatoms. The average Bonchev–Trinajstić information content (AvgIpc) is 2.40. The molecule has 0 saturated heterocycles. The fourth-order valence-corrected chi connectivity index (χ4v) is 2.18. The van der Waals surface area contributed by atoms with Gasteiger partial charge >= 0.3 is 0 Å². The lowest BCUT2D eigenvalue weighted by molar-refractivity contribution is 0.107. The summed E-state index contributed by atoms with van der Waals surface area (Å²) in [5.74, 6) is 0. The van der Waals surface area contributed by atoms with Crippen LogP contribution >= 0.6 is 0 Å². The van der Waals surface area contributed by atoms with E-state index in [2.05, 4.69) is 25.7 Å². The van der Waals surface area contributed by atoms with Crippen LogP contribution in [0.4, 0.5) is 0 Å². The molecule has 1 unspecified atom stereocenters. The molecule has 1 heterocycles. The molecule has 0 aliphatic heterocycles. The van der Waals surface area contributed by atoms with Gasteiger partial charge in [0.05, 0.1) is 0 Å². The second kappa shape index (κ2) is 6.71. The summed E-state index contributed by atoms with van der Waals surface area (Å²) in [6.07, 6.45) is 2.85. The van der Waals surface area contributed by atoms with E-state index in [0.29, 0.717) is 13.1 Å². The number of likely N-dealkylation sites (N-methyl/N-ethyl adjacent to an activating group) is 1. The number of pyridine rings is 1. The summed E-state index contributed by atoms with van der Waals surface area (Å²) in [7, 11) is 0. The van der Waals surface area contributed by atoms with Crippen LogP contribution in [0.3, 0.4) is 0 Å². The fourth-order valence-electron chi connectivity index (χ4n) is 2.18. The standard InChI is InChI=1S/C14H25N3O/c1-4-14(3,12-15)17(5-2)11-10-16-9-7-6-8-13(16)18/h6-9H,4-5,10-12,15H2,1-3H3. The molecule has 0 spiro atoms. The predicted octanol–water partition coefficient (Wildman–Crippen LogP) is 1.30. The Balaban J connectivity index is 2.71. The van der Waals surface area contributed by atoms with Gasteiger partial charge in [-0.05, 0) is 26.0 Å². The van der Waals surface area contributed by atoms with E-state index in [1.807, 2.05) is 12.3 Å². The molecule has 2 N–H and O–H groups in total. The van der Waals surface area contributed by atoms with E-state index in [9.17, 15) is 4.79 Å². The van der Waals surface area contributed by atoms with E-state index >= 15 is 0 Å². The molecule has 1 aromatic rings. The van der Waals surface area contributed by atoms with Crippen molar-refractivity contribution in [2.24, 2.45) is 5.73 Å². The van der Waals surface area contributed by atoms with E-state index in [1.165, 1.54) is 0 Å². The highest BCUT2D eigenvalue weighted by Crippen LogP contribution is 2.17. The molecule has 0 fully saturated rings. The maximum absolute atomic E-state index is 11.6. The largest absolute Gasteiger partial charge is 0.329 e. The average molecular weight is 251 g/mol. The van der Waals surface area contributed by atoms with Gasteiger partial charge in [-0.1, -0.05) is 19.9 Å². The summed E-state index contributed by atoms with van der Waals surface area (Å²) in [6.45, 7) is 9.63. The lowest BCUT2D eigenvalue weighted by Crippen LogP contribution is -2.52. The minimum Gasteiger partial charge on any atom is -0.329 e. The zero-order valence-electron chi connectivity index (χ0n) is 11.7. The molecular formula is C14H25N3O. The second-order valence-electron chi connectivity index (χ2n) is 4.87. The Morgan fingerprint density at radius 3 is 2.61 bits per heavy atom. The first-order valence-electron chi connectivity index (χ1n) is 6.68. The molecule has 1 rings (SSSR count). The molecule has 0 radical (unpaired) electrons. The Morgan fingerprint density at radius 2 is 2.11 bits per heavy atom. The molecule has 0 amide bonds.